The second kappa shape index (κ2) is 3.93. The van der Waals surface area contributed by atoms with Crippen molar-refractivity contribution in [2.24, 2.45) is 0 Å². The Hall–Kier alpha value is -2.62. The van der Waals surface area contributed by atoms with Gasteiger partial charge in [0.15, 0.2) is 5.58 Å². The molecule has 20 heavy (non-hydrogen) atoms. The zero-order valence-electron chi connectivity index (χ0n) is 10.5. The van der Waals surface area contributed by atoms with E-state index in [1.165, 1.54) is 17.2 Å². The van der Waals surface area contributed by atoms with Gasteiger partial charge in [0.05, 0.1) is 11.5 Å². The third-order valence-corrected chi connectivity index (χ3v) is 3.80. The number of carbonyl (C=O) groups is 1. The van der Waals surface area contributed by atoms with Crippen LogP contribution in [0, 0.1) is 0 Å². The van der Waals surface area contributed by atoms with E-state index >= 15 is 0 Å². The van der Waals surface area contributed by atoms with Gasteiger partial charge in [-0.05, 0) is 35.7 Å². The van der Waals surface area contributed by atoms with Gasteiger partial charge in [0, 0.05) is 0 Å². The minimum absolute atomic E-state index is 0.187. The van der Waals surface area contributed by atoms with Gasteiger partial charge in [0.2, 0.25) is 5.89 Å². The van der Waals surface area contributed by atoms with Gasteiger partial charge in [-0.1, -0.05) is 24.3 Å². The van der Waals surface area contributed by atoms with Crippen molar-refractivity contribution >= 4 is 17.1 Å². The molecule has 0 radical (unpaired) electrons. The maximum absolute atomic E-state index is 11.0. The molecule has 1 aliphatic rings. The number of aromatic carboxylic acids is 1. The molecule has 4 nitrogen and oxygen atoms in total. The van der Waals surface area contributed by atoms with Crippen molar-refractivity contribution in [2.75, 3.05) is 0 Å². The minimum Gasteiger partial charge on any atom is -0.478 e. The summed E-state index contributed by atoms with van der Waals surface area (Å²) in [6.07, 6.45) is 0.925. The van der Waals surface area contributed by atoms with E-state index in [-0.39, 0.29) is 11.5 Å². The normalized spacial score (nSPS) is 16.7. The molecule has 0 spiro atoms. The number of rotatable bonds is 2. The van der Waals surface area contributed by atoms with Crippen LogP contribution in [0.2, 0.25) is 0 Å². The topological polar surface area (TPSA) is 63.3 Å². The Labute approximate surface area is 114 Å². The van der Waals surface area contributed by atoms with Crippen LogP contribution in [-0.4, -0.2) is 16.1 Å². The van der Waals surface area contributed by atoms with Crippen LogP contribution in [-0.2, 0) is 6.42 Å². The number of fused-ring (bicyclic) bond motifs is 2. The van der Waals surface area contributed by atoms with Gasteiger partial charge in [-0.3, -0.25) is 0 Å². The first kappa shape index (κ1) is 11.2. The Balaban J connectivity index is 1.77. The molecule has 1 atom stereocenters. The summed E-state index contributed by atoms with van der Waals surface area (Å²) in [4.78, 5) is 15.4. The summed E-state index contributed by atoms with van der Waals surface area (Å²) >= 11 is 0. The van der Waals surface area contributed by atoms with E-state index in [0.717, 1.165) is 6.42 Å². The number of carboxylic acids is 1. The van der Waals surface area contributed by atoms with Gasteiger partial charge in [-0.2, -0.15) is 0 Å². The summed E-state index contributed by atoms with van der Waals surface area (Å²) in [6, 6.07) is 13.0. The smallest absolute Gasteiger partial charge is 0.335 e. The predicted molar refractivity (Wildman–Crippen MR) is 73.0 cm³/mol. The lowest BCUT2D eigenvalue weighted by Crippen LogP contribution is -2.18. The molecule has 4 rings (SSSR count). The van der Waals surface area contributed by atoms with Crippen molar-refractivity contribution in [3.8, 4) is 0 Å². The molecule has 4 heteroatoms. The van der Waals surface area contributed by atoms with Crippen LogP contribution in [0.1, 0.15) is 33.3 Å². The molecule has 1 unspecified atom stereocenters. The summed E-state index contributed by atoms with van der Waals surface area (Å²) in [5.74, 6) is -0.105. The maximum atomic E-state index is 11.0. The highest BCUT2D eigenvalue weighted by Gasteiger charge is 2.31. The minimum atomic E-state index is -0.959. The summed E-state index contributed by atoms with van der Waals surface area (Å²) in [7, 11) is 0. The Morgan fingerprint density at radius 1 is 1.25 bits per heavy atom. The van der Waals surface area contributed by atoms with Crippen molar-refractivity contribution in [1.29, 1.82) is 0 Å². The van der Waals surface area contributed by atoms with Crippen LogP contribution in [0.5, 0.6) is 0 Å². The summed E-state index contributed by atoms with van der Waals surface area (Å²) < 4.78 is 5.75. The van der Waals surface area contributed by atoms with Crippen molar-refractivity contribution in [3.63, 3.8) is 0 Å². The highest BCUT2D eigenvalue weighted by Crippen LogP contribution is 2.40. The fourth-order valence-corrected chi connectivity index (χ4v) is 2.70. The Kier molecular flexibility index (Phi) is 2.21. The van der Waals surface area contributed by atoms with Crippen LogP contribution < -0.4 is 0 Å². The van der Waals surface area contributed by atoms with Crippen LogP contribution in [0.25, 0.3) is 11.1 Å². The molecule has 0 aliphatic heterocycles. The first-order valence-corrected chi connectivity index (χ1v) is 6.44. The van der Waals surface area contributed by atoms with Crippen molar-refractivity contribution in [3.05, 3.63) is 65.0 Å². The molecule has 0 fully saturated rings. The summed E-state index contributed by atoms with van der Waals surface area (Å²) in [5, 5.41) is 8.99. The molecule has 1 aliphatic carbocycles. The van der Waals surface area contributed by atoms with Gasteiger partial charge in [0.25, 0.3) is 0 Å². The lowest BCUT2D eigenvalue weighted by atomic mass is 9.77. The van der Waals surface area contributed by atoms with Crippen molar-refractivity contribution < 1.29 is 14.3 Å². The fourth-order valence-electron chi connectivity index (χ4n) is 2.70. The second-order valence-corrected chi connectivity index (χ2v) is 5.00. The van der Waals surface area contributed by atoms with Gasteiger partial charge >= 0.3 is 5.97 Å². The first-order chi connectivity index (χ1) is 9.72. The van der Waals surface area contributed by atoms with Crippen LogP contribution in [0.15, 0.2) is 46.9 Å². The average Bonchev–Trinajstić information content (AvgIpc) is 2.82. The molecule has 0 amide bonds. The molecule has 98 valence electrons. The van der Waals surface area contributed by atoms with E-state index in [0.29, 0.717) is 17.0 Å². The number of carboxylic acid groups (broad SMARTS) is 1. The molecule has 3 aromatic rings. The van der Waals surface area contributed by atoms with E-state index in [1.807, 2.05) is 12.1 Å². The molecular weight excluding hydrogens is 254 g/mol. The average molecular weight is 265 g/mol. The molecule has 2 aromatic carbocycles. The van der Waals surface area contributed by atoms with E-state index in [1.54, 1.807) is 12.1 Å². The standard InChI is InChI=1S/C16H11NO3/c18-16(19)10-5-6-13-14(8-10)20-15(17-13)12-7-9-3-1-2-4-11(9)12/h1-6,8,12H,7H2,(H,18,19). The van der Waals surface area contributed by atoms with E-state index in [2.05, 4.69) is 17.1 Å². The van der Waals surface area contributed by atoms with Crippen molar-refractivity contribution in [1.82, 2.24) is 4.98 Å². The molecule has 0 saturated heterocycles. The maximum Gasteiger partial charge on any atom is 0.335 e. The van der Waals surface area contributed by atoms with Crippen LogP contribution in [0.3, 0.4) is 0 Å². The molecule has 0 saturated carbocycles. The Bertz CT molecular complexity index is 835. The number of nitrogens with zero attached hydrogens (tertiary/aromatic N) is 1. The van der Waals surface area contributed by atoms with E-state index in [9.17, 15) is 4.79 Å². The Morgan fingerprint density at radius 3 is 2.90 bits per heavy atom. The van der Waals surface area contributed by atoms with Gasteiger partial charge in [-0.25, -0.2) is 9.78 Å². The number of oxazole rings is 1. The van der Waals surface area contributed by atoms with E-state index in [4.69, 9.17) is 9.52 Å². The van der Waals surface area contributed by atoms with Gasteiger partial charge in [0.1, 0.15) is 5.52 Å². The predicted octanol–water partition coefficient (Wildman–Crippen LogP) is 3.21. The molecule has 0 bridgehead atoms. The SMILES string of the molecule is O=C(O)c1ccc2nc(C3Cc4ccccc43)oc2c1. The molecule has 1 N–H and O–H groups in total. The highest BCUT2D eigenvalue weighted by atomic mass is 16.4. The monoisotopic (exact) mass is 265 g/mol. The third-order valence-electron chi connectivity index (χ3n) is 3.80. The van der Waals surface area contributed by atoms with Gasteiger partial charge < -0.3 is 9.52 Å². The van der Waals surface area contributed by atoms with Crippen molar-refractivity contribution in [2.45, 2.75) is 12.3 Å². The third kappa shape index (κ3) is 1.54. The Morgan fingerprint density at radius 2 is 2.10 bits per heavy atom. The molecule has 1 aromatic heterocycles. The van der Waals surface area contributed by atoms with Crippen LogP contribution >= 0.6 is 0 Å². The lowest BCUT2D eigenvalue weighted by Gasteiger charge is -2.27. The zero-order chi connectivity index (χ0) is 13.7. The quantitative estimate of drug-likeness (QED) is 0.772. The number of hydrogen-bond donors (Lipinski definition) is 1. The van der Waals surface area contributed by atoms with Crippen LogP contribution in [0.4, 0.5) is 0 Å². The highest BCUT2D eigenvalue weighted by molar-refractivity contribution is 5.91. The number of aromatic nitrogens is 1. The lowest BCUT2D eigenvalue weighted by molar-refractivity contribution is 0.0697. The summed E-state index contributed by atoms with van der Waals surface area (Å²) in [6.45, 7) is 0. The second-order valence-electron chi connectivity index (χ2n) is 5.00. The number of hydrogen-bond acceptors (Lipinski definition) is 3. The van der Waals surface area contributed by atoms with Gasteiger partial charge in [-0.15, -0.1) is 0 Å². The molecular formula is C16H11NO3. The zero-order valence-corrected chi connectivity index (χ0v) is 10.5. The largest absolute Gasteiger partial charge is 0.478 e. The fraction of sp³-hybridized carbons (Fsp3) is 0.125. The molecule has 1 heterocycles. The number of benzene rings is 2. The van der Waals surface area contributed by atoms with E-state index < -0.39 is 5.97 Å². The first-order valence-electron chi connectivity index (χ1n) is 6.44. The summed E-state index contributed by atoms with van der Waals surface area (Å²) in [5.41, 5.74) is 4.02.